The number of halogens is 2. The number of methoxy groups -OCH3 is 1. The number of rotatable bonds is 2. The number of nitrogens with zero attached hydrogens (tertiary/aromatic N) is 1. The summed E-state index contributed by atoms with van der Waals surface area (Å²) in [6, 6.07) is 4.88. The molecule has 17 heavy (non-hydrogen) atoms. The van der Waals surface area contributed by atoms with Crippen LogP contribution in [0.15, 0.2) is 29.0 Å². The Balaban J connectivity index is 2.53. The minimum Gasteiger partial charge on any atom is -0.465 e. The Morgan fingerprint density at radius 2 is 2.18 bits per heavy atom. The van der Waals surface area contributed by atoms with Gasteiger partial charge in [-0.15, -0.1) is 0 Å². The second kappa shape index (κ2) is 4.77. The number of carbonyl (C=O) groups excluding carboxylic acids is 1. The van der Waals surface area contributed by atoms with Gasteiger partial charge in [-0.1, -0.05) is 28.4 Å². The average molecular weight is 272 g/mol. The van der Waals surface area contributed by atoms with Gasteiger partial charge in [0.15, 0.2) is 0 Å². The van der Waals surface area contributed by atoms with E-state index in [2.05, 4.69) is 9.89 Å². The maximum Gasteiger partial charge on any atom is 0.343 e. The Morgan fingerprint density at radius 1 is 1.41 bits per heavy atom. The lowest BCUT2D eigenvalue weighted by atomic mass is 10.1. The Kier molecular flexibility index (Phi) is 3.36. The molecule has 0 radical (unpaired) electrons. The van der Waals surface area contributed by atoms with Crippen LogP contribution in [-0.2, 0) is 4.74 Å². The molecule has 0 atom stereocenters. The van der Waals surface area contributed by atoms with Gasteiger partial charge in [0.1, 0.15) is 17.5 Å². The zero-order valence-corrected chi connectivity index (χ0v) is 10.2. The molecule has 0 aliphatic rings. The van der Waals surface area contributed by atoms with E-state index in [4.69, 9.17) is 27.7 Å². The number of hydrogen-bond donors (Lipinski definition) is 0. The standard InChI is InChI=1S/C11H7Cl2NO3/c1-16-11(15)8-5-17-14-10(8)7-3-2-6(12)4-9(7)13/h2-5H,1H3. The van der Waals surface area contributed by atoms with Gasteiger partial charge in [0, 0.05) is 10.6 Å². The van der Waals surface area contributed by atoms with E-state index in [1.54, 1.807) is 18.2 Å². The number of benzene rings is 1. The van der Waals surface area contributed by atoms with Crippen LogP contribution in [-0.4, -0.2) is 18.2 Å². The van der Waals surface area contributed by atoms with E-state index in [0.29, 0.717) is 21.3 Å². The van der Waals surface area contributed by atoms with E-state index in [-0.39, 0.29) is 5.56 Å². The number of hydrogen-bond acceptors (Lipinski definition) is 4. The Labute approximate surface area is 107 Å². The van der Waals surface area contributed by atoms with Crippen LogP contribution in [0.3, 0.4) is 0 Å². The number of ether oxygens (including phenoxy) is 1. The van der Waals surface area contributed by atoms with Crippen LogP contribution in [0.5, 0.6) is 0 Å². The Morgan fingerprint density at radius 3 is 2.82 bits per heavy atom. The SMILES string of the molecule is COC(=O)c1conc1-c1ccc(Cl)cc1Cl. The van der Waals surface area contributed by atoms with Crippen molar-refractivity contribution in [3.63, 3.8) is 0 Å². The maximum absolute atomic E-state index is 11.5. The minimum absolute atomic E-state index is 0.219. The monoisotopic (exact) mass is 271 g/mol. The van der Waals surface area contributed by atoms with Crippen molar-refractivity contribution in [3.8, 4) is 11.3 Å². The third-order valence-corrected chi connectivity index (χ3v) is 2.71. The molecule has 6 heteroatoms. The first-order chi connectivity index (χ1) is 8.13. The molecule has 0 fully saturated rings. The quantitative estimate of drug-likeness (QED) is 0.786. The molecule has 88 valence electrons. The molecule has 0 saturated carbocycles. The van der Waals surface area contributed by atoms with Gasteiger partial charge in [-0.2, -0.15) is 0 Å². The molecule has 0 saturated heterocycles. The summed E-state index contributed by atoms with van der Waals surface area (Å²) in [5.74, 6) is -0.535. The van der Waals surface area contributed by atoms with Gasteiger partial charge in [-0.25, -0.2) is 4.79 Å². The fraction of sp³-hybridized carbons (Fsp3) is 0.0909. The van der Waals surface area contributed by atoms with Crippen LogP contribution in [0.2, 0.25) is 10.0 Å². The van der Waals surface area contributed by atoms with Crippen LogP contribution in [0.4, 0.5) is 0 Å². The molecule has 0 bridgehead atoms. The maximum atomic E-state index is 11.5. The van der Waals surface area contributed by atoms with Crippen molar-refractivity contribution in [2.45, 2.75) is 0 Å². The molecule has 2 rings (SSSR count). The van der Waals surface area contributed by atoms with Crippen molar-refractivity contribution in [1.82, 2.24) is 5.16 Å². The van der Waals surface area contributed by atoms with Crippen LogP contribution in [0.25, 0.3) is 11.3 Å². The van der Waals surface area contributed by atoms with Crippen molar-refractivity contribution >= 4 is 29.2 Å². The van der Waals surface area contributed by atoms with Crippen molar-refractivity contribution in [2.75, 3.05) is 7.11 Å². The van der Waals surface area contributed by atoms with Crippen LogP contribution < -0.4 is 0 Å². The van der Waals surface area contributed by atoms with Crippen molar-refractivity contribution in [3.05, 3.63) is 40.1 Å². The molecule has 1 aromatic carbocycles. The van der Waals surface area contributed by atoms with Gasteiger partial charge in [0.05, 0.1) is 12.1 Å². The molecule has 4 nitrogen and oxygen atoms in total. The van der Waals surface area contributed by atoms with E-state index in [0.717, 1.165) is 0 Å². The van der Waals surface area contributed by atoms with Crippen molar-refractivity contribution in [2.24, 2.45) is 0 Å². The number of aromatic nitrogens is 1. The summed E-state index contributed by atoms with van der Waals surface area (Å²) in [5.41, 5.74) is 1.11. The first-order valence-corrected chi connectivity index (χ1v) is 5.37. The molecule has 0 spiro atoms. The summed E-state index contributed by atoms with van der Waals surface area (Å²) in [7, 11) is 1.28. The lowest BCUT2D eigenvalue weighted by Gasteiger charge is -2.02. The van der Waals surface area contributed by atoms with Crippen LogP contribution in [0.1, 0.15) is 10.4 Å². The van der Waals surface area contributed by atoms with Gasteiger partial charge >= 0.3 is 5.97 Å². The summed E-state index contributed by atoms with van der Waals surface area (Å²) >= 11 is 11.8. The summed E-state index contributed by atoms with van der Waals surface area (Å²) in [4.78, 5) is 11.5. The summed E-state index contributed by atoms with van der Waals surface area (Å²) < 4.78 is 9.38. The molecule has 1 aromatic heterocycles. The average Bonchev–Trinajstić information content (AvgIpc) is 2.77. The van der Waals surface area contributed by atoms with E-state index >= 15 is 0 Å². The molecule has 0 unspecified atom stereocenters. The number of esters is 1. The highest BCUT2D eigenvalue weighted by atomic mass is 35.5. The molecule has 0 N–H and O–H groups in total. The molecule has 0 aliphatic heterocycles. The summed E-state index contributed by atoms with van der Waals surface area (Å²) in [6.07, 6.45) is 1.21. The highest BCUT2D eigenvalue weighted by molar-refractivity contribution is 6.36. The van der Waals surface area contributed by atoms with Gasteiger partial charge in [0.2, 0.25) is 0 Å². The highest BCUT2D eigenvalue weighted by Gasteiger charge is 2.19. The first-order valence-electron chi connectivity index (χ1n) is 4.61. The molecular formula is C11H7Cl2NO3. The third-order valence-electron chi connectivity index (χ3n) is 2.16. The van der Waals surface area contributed by atoms with Crippen LogP contribution in [0, 0.1) is 0 Å². The van der Waals surface area contributed by atoms with Crippen LogP contribution >= 0.6 is 23.2 Å². The lowest BCUT2D eigenvalue weighted by Crippen LogP contribution is -2.01. The molecule has 1 heterocycles. The Hall–Kier alpha value is -1.52. The lowest BCUT2D eigenvalue weighted by molar-refractivity contribution is 0.0600. The zero-order chi connectivity index (χ0) is 12.4. The summed E-state index contributed by atoms with van der Waals surface area (Å²) in [6.45, 7) is 0. The molecule has 2 aromatic rings. The smallest absolute Gasteiger partial charge is 0.343 e. The first kappa shape index (κ1) is 12.0. The zero-order valence-electron chi connectivity index (χ0n) is 8.74. The summed E-state index contributed by atoms with van der Waals surface area (Å²) in [5, 5.41) is 4.63. The third kappa shape index (κ3) is 2.28. The van der Waals surface area contributed by atoms with Gasteiger partial charge in [-0.05, 0) is 18.2 Å². The van der Waals surface area contributed by atoms with E-state index in [1.807, 2.05) is 0 Å². The van der Waals surface area contributed by atoms with Crippen molar-refractivity contribution in [1.29, 1.82) is 0 Å². The second-order valence-electron chi connectivity index (χ2n) is 3.19. The van der Waals surface area contributed by atoms with Crippen molar-refractivity contribution < 1.29 is 14.1 Å². The molecule has 0 aliphatic carbocycles. The van der Waals surface area contributed by atoms with Gasteiger partial charge < -0.3 is 9.26 Å². The minimum atomic E-state index is -0.535. The normalized spacial score (nSPS) is 10.3. The second-order valence-corrected chi connectivity index (χ2v) is 4.04. The highest BCUT2D eigenvalue weighted by Crippen LogP contribution is 2.31. The van der Waals surface area contributed by atoms with Gasteiger partial charge in [-0.3, -0.25) is 0 Å². The number of carbonyl (C=O) groups is 1. The topological polar surface area (TPSA) is 52.3 Å². The predicted octanol–water partition coefficient (Wildman–Crippen LogP) is 3.44. The molecular weight excluding hydrogens is 265 g/mol. The fourth-order valence-corrected chi connectivity index (χ4v) is 1.87. The predicted molar refractivity (Wildman–Crippen MR) is 63.3 cm³/mol. The Bertz CT molecular complexity index is 566. The molecule has 0 amide bonds. The van der Waals surface area contributed by atoms with E-state index in [1.165, 1.54) is 13.4 Å². The van der Waals surface area contributed by atoms with Gasteiger partial charge in [0.25, 0.3) is 0 Å². The largest absolute Gasteiger partial charge is 0.465 e. The van der Waals surface area contributed by atoms with E-state index < -0.39 is 5.97 Å². The fourth-order valence-electron chi connectivity index (χ4n) is 1.37. The van der Waals surface area contributed by atoms with E-state index in [9.17, 15) is 4.79 Å².